The molecule has 2 saturated heterocycles. The molecule has 0 aromatic carbocycles. The lowest BCUT2D eigenvalue weighted by atomic mass is 9.74. The summed E-state index contributed by atoms with van der Waals surface area (Å²) < 4.78 is 0. The Morgan fingerprint density at radius 2 is 1.58 bits per heavy atom. The van der Waals surface area contributed by atoms with Gasteiger partial charge in [0.2, 0.25) is 0 Å². The second-order valence-corrected chi connectivity index (χ2v) is 6.05. The molecule has 2 aliphatic rings. The van der Waals surface area contributed by atoms with E-state index in [1.54, 1.807) is 12.8 Å². The maximum atomic E-state index is 2.49. The minimum absolute atomic E-state index is 0.803. The maximum absolute atomic E-state index is 2.49. The van der Waals surface area contributed by atoms with Gasteiger partial charge in [-0.2, -0.15) is 0 Å². The molecule has 0 radical (unpaired) electrons. The van der Waals surface area contributed by atoms with E-state index < -0.39 is 0 Å². The zero-order valence-electron chi connectivity index (χ0n) is 8.10. The van der Waals surface area contributed by atoms with Crippen LogP contribution in [0.25, 0.3) is 0 Å². The largest absolute Gasteiger partial charge is 0.306 e. The summed E-state index contributed by atoms with van der Waals surface area (Å²) in [5.41, 5.74) is 0.803. The lowest BCUT2D eigenvalue weighted by molar-refractivity contribution is 0.112. The molecular weight excluding hydrogens is 165 g/mol. The van der Waals surface area contributed by atoms with Crippen molar-refractivity contribution in [2.75, 3.05) is 32.5 Å². The third kappa shape index (κ3) is 1.83. The summed E-state index contributed by atoms with van der Waals surface area (Å²) in [6, 6.07) is 0. The molecule has 1 spiro atoms. The Morgan fingerprint density at radius 1 is 1.00 bits per heavy atom. The first-order valence-corrected chi connectivity index (χ1v) is 6.62. The predicted octanol–water partition coefficient (Wildman–Crippen LogP) is 2.17. The molecule has 2 aliphatic heterocycles. The van der Waals surface area contributed by atoms with Crippen LogP contribution in [0.1, 0.15) is 25.7 Å². The van der Waals surface area contributed by atoms with Crippen molar-refractivity contribution in [3.63, 3.8) is 0 Å². The van der Waals surface area contributed by atoms with Crippen LogP contribution in [-0.2, 0) is 0 Å². The van der Waals surface area contributed by atoms with Gasteiger partial charge < -0.3 is 4.90 Å². The standard InChI is InChI=1S/C10H20NP/c1-11-6-2-10(3-7-11)4-8-12-9-5-10/h12H,2-9H2,1H3. The zero-order chi connectivity index (χ0) is 8.44. The molecule has 2 fully saturated rings. The first-order valence-electron chi connectivity index (χ1n) is 5.20. The Labute approximate surface area is 77.7 Å². The average Bonchev–Trinajstić information content (AvgIpc) is 2.13. The Morgan fingerprint density at radius 3 is 2.17 bits per heavy atom. The molecule has 0 bridgehead atoms. The van der Waals surface area contributed by atoms with Crippen LogP contribution in [0.2, 0.25) is 0 Å². The van der Waals surface area contributed by atoms with Gasteiger partial charge in [-0.25, -0.2) is 0 Å². The number of rotatable bonds is 0. The minimum Gasteiger partial charge on any atom is -0.306 e. The normalized spacial score (nSPS) is 30.8. The molecule has 70 valence electrons. The molecule has 0 N–H and O–H groups in total. The molecule has 12 heavy (non-hydrogen) atoms. The van der Waals surface area contributed by atoms with Gasteiger partial charge in [-0.15, -0.1) is 8.58 Å². The summed E-state index contributed by atoms with van der Waals surface area (Å²) in [4.78, 5) is 2.49. The van der Waals surface area contributed by atoms with Crippen molar-refractivity contribution < 1.29 is 0 Å². The van der Waals surface area contributed by atoms with Gasteiger partial charge in [0.25, 0.3) is 0 Å². The van der Waals surface area contributed by atoms with Gasteiger partial charge in [0, 0.05) is 0 Å². The third-order valence-corrected chi connectivity index (χ3v) is 4.92. The number of hydrogen-bond acceptors (Lipinski definition) is 1. The Bertz CT molecular complexity index is 142. The highest BCUT2D eigenvalue weighted by atomic mass is 31.1. The van der Waals surface area contributed by atoms with Crippen molar-refractivity contribution in [2.45, 2.75) is 25.7 Å². The van der Waals surface area contributed by atoms with Gasteiger partial charge in [-0.1, -0.05) is 0 Å². The van der Waals surface area contributed by atoms with Crippen molar-refractivity contribution in [1.29, 1.82) is 0 Å². The second-order valence-electron chi connectivity index (χ2n) is 4.55. The summed E-state index contributed by atoms with van der Waals surface area (Å²) in [7, 11) is 3.54. The van der Waals surface area contributed by atoms with Crippen LogP contribution in [0.3, 0.4) is 0 Å². The fraction of sp³-hybridized carbons (Fsp3) is 1.00. The number of piperidine rings is 1. The van der Waals surface area contributed by atoms with E-state index in [2.05, 4.69) is 11.9 Å². The molecule has 0 aliphatic carbocycles. The van der Waals surface area contributed by atoms with Crippen molar-refractivity contribution in [3.05, 3.63) is 0 Å². The molecule has 2 heterocycles. The van der Waals surface area contributed by atoms with Gasteiger partial charge in [0.1, 0.15) is 0 Å². The Hall–Kier alpha value is 0.390. The quantitative estimate of drug-likeness (QED) is 0.523. The highest BCUT2D eigenvalue weighted by Gasteiger charge is 2.34. The van der Waals surface area contributed by atoms with Gasteiger partial charge >= 0.3 is 0 Å². The number of likely N-dealkylation sites (tertiary alicyclic amines) is 1. The van der Waals surface area contributed by atoms with E-state index in [9.17, 15) is 0 Å². The van der Waals surface area contributed by atoms with Crippen LogP contribution in [0.5, 0.6) is 0 Å². The highest BCUT2D eigenvalue weighted by Crippen LogP contribution is 2.44. The van der Waals surface area contributed by atoms with Gasteiger partial charge in [-0.3, -0.25) is 0 Å². The summed E-state index contributed by atoms with van der Waals surface area (Å²) in [6.07, 6.45) is 9.11. The van der Waals surface area contributed by atoms with Crippen LogP contribution in [-0.4, -0.2) is 37.4 Å². The van der Waals surface area contributed by atoms with E-state index in [1.165, 1.54) is 46.8 Å². The molecule has 2 rings (SSSR count). The molecular formula is C10H20NP. The van der Waals surface area contributed by atoms with Crippen molar-refractivity contribution >= 4 is 8.58 Å². The fourth-order valence-corrected chi connectivity index (χ4v) is 4.21. The molecule has 0 aromatic heterocycles. The average molecular weight is 185 g/mol. The highest BCUT2D eigenvalue weighted by molar-refractivity contribution is 7.38. The number of nitrogens with zero attached hydrogens (tertiary/aromatic N) is 1. The molecule has 0 aromatic rings. The lowest BCUT2D eigenvalue weighted by Gasteiger charge is -2.43. The van der Waals surface area contributed by atoms with Gasteiger partial charge in [0.05, 0.1) is 0 Å². The van der Waals surface area contributed by atoms with Crippen LogP contribution >= 0.6 is 8.58 Å². The first kappa shape index (κ1) is 8.97. The smallest absolute Gasteiger partial charge is 0.00165 e. The molecule has 0 unspecified atom stereocenters. The molecule has 1 nitrogen and oxygen atoms in total. The Kier molecular flexibility index (Phi) is 2.72. The van der Waals surface area contributed by atoms with Crippen LogP contribution in [0.4, 0.5) is 0 Å². The van der Waals surface area contributed by atoms with Crippen LogP contribution in [0, 0.1) is 5.41 Å². The molecule has 2 heteroatoms. The Balaban J connectivity index is 1.92. The van der Waals surface area contributed by atoms with E-state index in [0.29, 0.717) is 0 Å². The minimum atomic E-state index is 0.803. The van der Waals surface area contributed by atoms with Crippen molar-refractivity contribution in [3.8, 4) is 0 Å². The topological polar surface area (TPSA) is 3.24 Å². The monoisotopic (exact) mass is 185 g/mol. The van der Waals surface area contributed by atoms with Gasteiger partial charge in [0.15, 0.2) is 0 Å². The van der Waals surface area contributed by atoms with Gasteiger partial charge in [-0.05, 0) is 63.6 Å². The van der Waals surface area contributed by atoms with Crippen LogP contribution < -0.4 is 0 Å². The van der Waals surface area contributed by atoms with Crippen molar-refractivity contribution in [1.82, 2.24) is 4.90 Å². The molecule has 0 atom stereocenters. The summed E-state index contributed by atoms with van der Waals surface area (Å²) in [6.45, 7) is 2.70. The maximum Gasteiger partial charge on any atom is -0.00165 e. The summed E-state index contributed by atoms with van der Waals surface area (Å²) in [5, 5.41) is 0. The molecule has 0 saturated carbocycles. The van der Waals surface area contributed by atoms with E-state index >= 15 is 0 Å². The molecule has 0 amide bonds. The zero-order valence-corrected chi connectivity index (χ0v) is 9.10. The SMILES string of the molecule is CN1CCC2(CCPCC2)CC1. The predicted molar refractivity (Wildman–Crippen MR) is 56.4 cm³/mol. The first-order chi connectivity index (χ1) is 5.81. The third-order valence-electron chi connectivity index (χ3n) is 3.71. The van der Waals surface area contributed by atoms with Crippen molar-refractivity contribution in [2.24, 2.45) is 5.41 Å². The lowest BCUT2D eigenvalue weighted by Crippen LogP contribution is -2.39. The van der Waals surface area contributed by atoms with Crippen LogP contribution in [0.15, 0.2) is 0 Å². The van der Waals surface area contributed by atoms with E-state index in [4.69, 9.17) is 0 Å². The van der Waals surface area contributed by atoms with E-state index in [1.807, 2.05) is 0 Å². The van der Waals surface area contributed by atoms with E-state index in [-0.39, 0.29) is 0 Å². The second kappa shape index (κ2) is 3.64. The summed E-state index contributed by atoms with van der Waals surface area (Å²) in [5.74, 6) is 0. The number of hydrogen-bond donors (Lipinski definition) is 0. The van der Waals surface area contributed by atoms with E-state index in [0.717, 1.165) is 5.41 Å². The summed E-state index contributed by atoms with van der Waals surface area (Å²) >= 11 is 0. The fourth-order valence-electron chi connectivity index (χ4n) is 2.55.